The number of likely N-dealkylation sites (tertiary alicyclic amines) is 1. The molecular formula is C24H23F3N2O6. The minimum Gasteiger partial charge on any atom is -0.481 e. The summed E-state index contributed by atoms with van der Waals surface area (Å²) >= 11 is 0. The lowest BCUT2D eigenvalue weighted by atomic mass is 9.98. The lowest BCUT2D eigenvalue weighted by molar-refractivity contribution is -0.200. The first kappa shape index (κ1) is 24.5. The van der Waals surface area contributed by atoms with Crippen LogP contribution in [0.25, 0.3) is 11.1 Å². The van der Waals surface area contributed by atoms with Crippen molar-refractivity contribution in [3.8, 4) is 11.1 Å². The van der Waals surface area contributed by atoms with Gasteiger partial charge in [0, 0.05) is 19.0 Å². The van der Waals surface area contributed by atoms with Gasteiger partial charge >= 0.3 is 18.2 Å². The maximum absolute atomic E-state index is 12.6. The van der Waals surface area contributed by atoms with Crippen LogP contribution >= 0.6 is 0 Å². The van der Waals surface area contributed by atoms with E-state index in [9.17, 15) is 27.6 Å². The van der Waals surface area contributed by atoms with Crippen molar-refractivity contribution < 1.29 is 42.1 Å². The number of carbonyl (C=O) groups is 3. The van der Waals surface area contributed by atoms with Gasteiger partial charge in [0.2, 0.25) is 5.91 Å². The Kier molecular flexibility index (Phi) is 6.97. The quantitative estimate of drug-likeness (QED) is 0.587. The van der Waals surface area contributed by atoms with Crippen molar-refractivity contribution in [3.05, 3.63) is 59.7 Å². The molecular weight excluding hydrogens is 469 g/mol. The summed E-state index contributed by atoms with van der Waals surface area (Å²) in [5, 5.41) is 11.4. The van der Waals surface area contributed by atoms with E-state index in [4.69, 9.17) is 9.84 Å². The third kappa shape index (κ3) is 5.73. The topological polar surface area (TPSA) is 105 Å². The molecule has 35 heavy (non-hydrogen) atoms. The summed E-state index contributed by atoms with van der Waals surface area (Å²) in [5.74, 6) is -2.27. The molecule has 0 bridgehead atoms. The van der Waals surface area contributed by atoms with Crippen LogP contribution in [0.5, 0.6) is 0 Å². The van der Waals surface area contributed by atoms with Gasteiger partial charge in [-0.05, 0) is 22.3 Å². The van der Waals surface area contributed by atoms with Gasteiger partial charge in [-0.3, -0.25) is 9.59 Å². The second-order valence-corrected chi connectivity index (χ2v) is 8.41. The molecule has 0 radical (unpaired) electrons. The molecule has 186 valence electrons. The fourth-order valence-corrected chi connectivity index (χ4v) is 4.31. The number of fused-ring (bicyclic) bond motifs is 3. The maximum atomic E-state index is 12.6. The highest BCUT2D eigenvalue weighted by Crippen LogP contribution is 2.44. The first-order valence-corrected chi connectivity index (χ1v) is 10.9. The summed E-state index contributed by atoms with van der Waals surface area (Å²) in [4.78, 5) is 37.5. The van der Waals surface area contributed by atoms with Crippen LogP contribution in [0.1, 0.15) is 23.5 Å². The Morgan fingerprint density at radius 3 is 2.14 bits per heavy atom. The van der Waals surface area contributed by atoms with Gasteiger partial charge in [-0.2, -0.15) is 13.2 Å². The van der Waals surface area contributed by atoms with E-state index in [0.717, 1.165) is 27.2 Å². The summed E-state index contributed by atoms with van der Waals surface area (Å²) in [6, 6.07) is 14.0. The van der Waals surface area contributed by atoms with Gasteiger partial charge in [-0.15, -0.1) is 0 Å². The fraction of sp³-hybridized carbons (Fsp3) is 0.375. The number of carboxylic acid groups (broad SMARTS) is 1. The van der Waals surface area contributed by atoms with Crippen LogP contribution in [0.15, 0.2) is 48.5 Å². The monoisotopic (exact) mass is 492 g/mol. The number of benzene rings is 2. The normalized spacial score (nSPS) is 16.1. The number of alkyl carbamates (subject to hydrolysis) is 1. The minimum atomic E-state index is -4.48. The van der Waals surface area contributed by atoms with E-state index in [1.807, 2.05) is 48.5 Å². The molecule has 2 aliphatic rings. The smallest absolute Gasteiger partial charge is 0.411 e. The van der Waals surface area contributed by atoms with Crippen molar-refractivity contribution in [2.24, 2.45) is 0 Å². The van der Waals surface area contributed by atoms with E-state index in [0.29, 0.717) is 0 Å². The Hall–Kier alpha value is -3.60. The Labute approximate surface area is 198 Å². The molecule has 11 heteroatoms. The molecule has 1 aliphatic heterocycles. The zero-order valence-corrected chi connectivity index (χ0v) is 18.5. The lowest BCUT2D eigenvalue weighted by Gasteiger charge is -2.40. The van der Waals surface area contributed by atoms with Crippen LogP contribution in [0.2, 0.25) is 0 Å². The van der Waals surface area contributed by atoms with Crippen molar-refractivity contribution in [2.45, 2.75) is 30.7 Å². The molecule has 1 saturated heterocycles. The van der Waals surface area contributed by atoms with Crippen LogP contribution < -0.4 is 5.32 Å². The number of hydrogen-bond acceptors (Lipinski definition) is 5. The molecule has 1 fully saturated rings. The van der Waals surface area contributed by atoms with E-state index >= 15 is 0 Å². The summed E-state index contributed by atoms with van der Waals surface area (Å²) in [5.41, 5.74) is 4.06. The number of carbonyl (C=O) groups excluding carboxylic acids is 2. The zero-order chi connectivity index (χ0) is 25.2. The van der Waals surface area contributed by atoms with E-state index in [2.05, 4.69) is 10.1 Å². The molecule has 4 rings (SSSR count). The minimum absolute atomic E-state index is 0.0229. The number of ether oxygens (including phenoxy) is 2. The lowest BCUT2D eigenvalue weighted by Crippen LogP contribution is -2.60. The molecule has 0 saturated carbocycles. The second kappa shape index (κ2) is 9.95. The molecule has 1 aliphatic carbocycles. The second-order valence-electron chi connectivity index (χ2n) is 8.41. The molecule has 2 amide bonds. The molecule has 1 atom stereocenters. The molecule has 2 aromatic carbocycles. The number of aliphatic carboxylic acids is 1. The zero-order valence-electron chi connectivity index (χ0n) is 18.5. The van der Waals surface area contributed by atoms with Crippen LogP contribution in [0.3, 0.4) is 0 Å². The standard InChI is InChI=1S/C24H23F3N2O6/c25-24(26,27)13-35-14-10-29(11-14)22(32)20(9-21(30)31)28-23(33)34-12-19-17-7-3-1-5-15(17)16-6-2-4-8-18(16)19/h1-8,14,19-20H,9-13H2,(H,28,33)(H,30,31). The van der Waals surface area contributed by atoms with Gasteiger partial charge in [0.15, 0.2) is 0 Å². The van der Waals surface area contributed by atoms with Crippen molar-refractivity contribution in [1.82, 2.24) is 10.2 Å². The highest BCUT2D eigenvalue weighted by atomic mass is 19.4. The number of hydrogen-bond donors (Lipinski definition) is 2. The highest BCUT2D eigenvalue weighted by molar-refractivity contribution is 5.90. The van der Waals surface area contributed by atoms with Gasteiger partial charge in [0.05, 0.1) is 12.5 Å². The largest absolute Gasteiger partial charge is 0.481 e. The number of carboxylic acids is 1. The summed E-state index contributed by atoms with van der Waals surface area (Å²) in [7, 11) is 0. The Morgan fingerprint density at radius 1 is 1.03 bits per heavy atom. The van der Waals surface area contributed by atoms with Crippen LogP contribution in [-0.2, 0) is 19.1 Å². The highest BCUT2D eigenvalue weighted by Gasteiger charge is 2.39. The predicted molar refractivity (Wildman–Crippen MR) is 117 cm³/mol. The van der Waals surface area contributed by atoms with E-state index in [1.165, 1.54) is 0 Å². The summed E-state index contributed by atoms with van der Waals surface area (Å²) in [6.45, 7) is -1.71. The molecule has 0 spiro atoms. The molecule has 1 heterocycles. The van der Waals surface area contributed by atoms with Crippen molar-refractivity contribution in [2.75, 3.05) is 26.3 Å². The summed E-state index contributed by atoms with van der Waals surface area (Å²) in [6.07, 6.45) is -6.95. The Balaban J connectivity index is 1.34. The SMILES string of the molecule is O=C(O)CC(NC(=O)OCC1c2ccccc2-c2ccccc21)C(=O)N1CC(OCC(F)(F)F)C1. The third-order valence-corrected chi connectivity index (χ3v) is 5.96. The molecule has 0 aromatic heterocycles. The number of halogens is 3. The maximum Gasteiger partial charge on any atom is 0.411 e. The number of nitrogens with one attached hydrogen (secondary N) is 1. The van der Waals surface area contributed by atoms with Gasteiger partial charge in [-0.25, -0.2) is 4.79 Å². The number of rotatable bonds is 8. The van der Waals surface area contributed by atoms with E-state index in [1.54, 1.807) is 0 Å². The van der Waals surface area contributed by atoms with Gasteiger partial charge in [0.1, 0.15) is 19.3 Å². The van der Waals surface area contributed by atoms with Gasteiger partial charge < -0.3 is 24.8 Å². The molecule has 2 N–H and O–H groups in total. The molecule has 1 unspecified atom stereocenters. The van der Waals surface area contributed by atoms with Crippen molar-refractivity contribution in [3.63, 3.8) is 0 Å². The third-order valence-electron chi connectivity index (χ3n) is 5.96. The van der Waals surface area contributed by atoms with Crippen LogP contribution in [0, 0.1) is 0 Å². The number of amides is 2. The van der Waals surface area contributed by atoms with Gasteiger partial charge in [-0.1, -0.05) is 48.5 Å². The Bertz CT molecular complexity index is 1070. The van der Waals surface area contributed by atoms with E-state index < -0.39 is 49.3 Å². The molecule has 2 aromatic rings. The van der Waals surface area contributed by atoms with Gasteiger partial charge in [0.25, 0.3) is 0 Å². The Morgan fingerprint density at radius 2 is 1.60 bits per heavy atom. The first-order valence-electron chi connectivity index (χ1n) is 10.9. The molecule has 8 nitrogen and oxygen atoms in total. The average Bonchev–Trinajstić information content (AvgIpc) is 3.09. The van der Waals surface area contributed by atoms with Crippen molar-refractivity contribution >= 4 is 18.0 Å². The number of alkyl halides is 3. The first-order chi connectivity index (χ1) is 16.6. The van der Waals surface area contributed by atoms with Crippen molar-refractivity contribution in [1.29, 1.82) is 0 Å². The van der Waals surface area contributed by atoms with Crippen LogP contribution in [0.4, 0.5) is 18.0 Å². The van der Waals surface area contributed by atoms with Crippen LogP contribution in [-0.4, -0.2) is 72.6 Å². The fourth-order valence-electron chi connectivity index (χ4n) is 4.31. The summed E-state index contributed by atoms with van der Waals surface area (Å²) < 4.78 is 46.8. The average molecular weight is 492 g/mol. The van der Waals surface area contributed by atoms with E-state index in [-0.39, 0.29) is 25.6 Å². The number of nitrogens with zero attached hydrogens (tertiary/aromatic N) is 1. The predicted octanol–water partition coefficient (Wildman–Crippen LogP) is 3.16.